The predicted octanol–water partition coefficient (Wildman–Crippen LogP) is 2.76. The molecule has 0 atom stereocenters. The average Bonchev–Trinajstić information content (AvgIpc) is 2.79. The van der Waals surface area contributed by atoms with Gasteiger partial charge >= 0.3 is 0 Å². The molecule has 2 aromatic heterocycles. The maximum absolute atomic E-state index is 12.7. The summed E-state index contributed by atoms with van der Waals surface area (Å²) in [6.07, 6.45) is 0.446. The summed E-state index contributed by atoms with van der Waals surface area (Å²) in [7, 11) is 0. The Morgan fingerprint density at radius 1 is 1.41 bits per heavy atom. The van der Waals surface area contributed by atoms with Gasteiger partial charge in [0.05, 0.1) is 5.69 Å². The highest BCUT2D eigenvalue weighted by Crippen LogP contribution is 2.16. The summed E-state index contributed by atoms with van der Waals surface area (Å²) < 4.78 is 1.33. The van der Waals surface area contributed by atoms with Crippen molar-refractivity contribution in [2.75, 3.05) is 0 Å². The summed E-state index contributed by atoms with van der Waals surface area (Å²) in [6.45, 7) is 3.53. The van der Waals surface area contributed by atoms with Gasteiger partial charge in [-0.25, -0.2) is 4.98 Å². The third kappa shape index (κ3) is 2.28. The molecule has 0 aliphatic rings. The molecule has 6 heteroatoms. The smallest absolute Gasteiger partial charge is 0.276 e. The molecule has 0 saturated heterocycles. The number of nitriles is 1. The highest BCUT2D eigenvalue weighted by atomic mass is 35.5. The second-order valence-electron chi connectivity index (χ2n) is 5.17. The van der Waals surface area contributed by atoms with Gasteiger partial charge in [0, 0.05) is 22.7 Å². The van der Waals surface area contributed by atoms with Crippen molar-refractivity contribution in [2.45, 2.75) is 20.3 Å². The first-order valence-electron chi connectivity index (χ1n) is 6.76. The summed E-state index contributed by atoms with van der Waals surface area (Å²) in [5.41, 5.74) is 3.37. The minimum absolute atomic E-state index is 0.188. The second kappa shape index (κ2) is 5.32. The third-order valence-electron chi connectivity index (χ3n) is 3.64. The first-order valence-corrected chi connectivity index (χ1v) is 7.14. The topological polar surface area (TPSA) is 73.9 Å². The van der Waals surface area contributed by atoms with Crippen LogP contribution in [0.1, 0.15) is 28.1 Å². The van der Waals surface area contributed by atoms with Gasteiger partial charge in [-0.3, -0.25) is 9.89 Å². The fourth-order valence-electron chi connectivity index (χ4n) is 2.51. The highest BCUT2D eigenvalue weighted by molar-refractivity contribution is 6.30. The Labute approximate surface area is 131 Å². The zero-order chi connectivity index (χ0) is 15.9. The first kappa shape index (κ1) is 14.4. The molecule has 1 aromatic carbocycles. The number of nitrogens with one attached hydrogen (secondary N) is 1. The average molecular weight is 313 g/mol. The summed E-state index contributed by atoms with van der Waals surface area (Å²) in [5.74, 6) is 0. The standard InChI is InChI=1S/C16H13ClN4O/c1-9-13(7-11-4-3-5-12(17)6-11)16(22)21-15(19-9)14(8-18)10(2)20-21/h3-6,20H,7H2,1-2H3. The number of aromatic nitrogens is 3. The van der Waals surface area contributed by atoms with Crippen molar-refractivity contribution in [2.24, 2.45) is 0 Å². The van der Waals surface area contributed by atoms with Gasteiger partial charge in [0.15, 0.2) is 5.65 Å². The van der Waals surface area contributed by atoms with Crippen LogP contribution in [0.25, 0.3) is 5.65 Å². The lowest BCUT2D eigenvalue weighted by Gasteiger charge is -2.06. The Balaban J connectivity index is 2.19. The van der Waals surface area contributed by atoms with Gasteiger partial charge in [-0.1, -0.05) is 23.7 Å². The molecular weight excluding hydrogens is 300 g/mol. The first-order chi connectivity index (χ1) is 10.5. The molecule has 0 amide bonds. The summed E-state index contributed by atoms with van der Waals surface area (Å²) in [6, 6.07) is 9.47. The molecule has 0 aliphatic heterocycles. The summed E-state index contributed by atoms with van der Waals surface area (Å²) >= 11 is 5.99. The Morgan fingerprint density at radius 3 is 2.86 bits per heavy atom. The zero-order valence-corrected chi connectivity index (χ0v) is 12.9. The van der Waals surface area contributed by atoms with Crippen molar-refractivity contribution >= 4 is 17.2 Å². The molecule has 0 radical (unpaired) electrons. The lowest BCUT2D eigenvalue weighted by atomic mass is 10.1. The van der Waals surface area contributed by atoms with Crippen LogP contribution in [0.3, 0.4) is 0 Å². The van der Waals surface area contributed by atoms with E-state index >= 15 is 0 Å². The van der Waals surface area contributed by atoms with Gasteiger partial charge in [-0.15, -0.1) is 0 Å². The number of hydrogen-bond acceptors (Lipinski definition) is 3. The van der Waals surface area contributed by atoms with Crippen LogP contribution in [0.2, 0.25) is 5.02 Å². The molecule has 0 bridgehead atoms. The van der Waals surface area contributed by atoms with E-state index < -0.39 is 0 Å². The fourth-order valence-corrected chi connectivity index (χ4v) is 2.73. The number of nitrogens with zero attached hydrogens (tertiary/aromatic N) is 3. The molecule has 0 spiro atoms. The van der Waals surface area contributed by atoms with Crippen LogP contribution in [0.15, 0.2) is 29.1 Å². The van der Waals surface area contributed by atoms with E-state index in [0.717, 1.165) is 5.56 Å². The normalized spacial score (nSPS) is 10.8. The Hall–Kier alpha value is -2.58. The second-order valence-corrected chi connectivity index (χ2v) is 5.61. The van der Waals surface area contributed by atoms with Crippen LogP contribution < -0.4 is 5.56 Å². The number of halogens is 1. The number of aromatic amines is 1. The van der Waals surface area contributed by atoms with Crippen LogP contribution >= 0.6 is 11.6 Å². The van der Waals surface area contributed by atoms with Gasteiger partial charge in [-0.2, -0.15) is 9.78 Å². The van der Waals surface area contributed by atoms with E-state index in [1.54, 1.807) is 19.9 Å². The summed E-state index contributed by atoms with van der Waals surface area (Å²) in [4.78, 5) is 17.1. The minimum atomic E-state index is -0.188. The van der Waals surface area contributed by atoms with Crippen LogP contribution in [-0.4, -0.2) is 14.6 Å². The molecule has 3 aromatic rings. The maximum atomic E-state index is 12.7. The number of fused-ring (bicyclic) bond motifs is 1. The fraction of sp³-hybridized carbons (Fsp3) is 0.188. The van der Waals surface area contributed by atoms with Crippen molar-refractivity contribution in [3.8, 4) is 6.07 Å². The van der Waals surface area contributed by atoms with Crippen LogP contribution in [-0.2, 0) is 6.42 Å². The molecule has 5 nitrogen and oxygen atoms in total. The van der Waals surface area contributed by atoms with Crippen molar-refractivity contribution in [1.29, 1.82) is 5.26 Å². The lowest BCUT2D eigenvalue weighted by molar-refractivity contribution is 0.847. The van der Waals surface area contributed by atoms with E-state index in [-0.39, 0.29) is 5.56 Å². The van der Waals surface area contributed by atoms with Gasteiger partial charge in [0.1, 0.15) is 11.6 Å². The van der Waals surface area contributed by atoms with Gasteiger partial charge in [-0.05, 0) is 31.5 Å². The lowest BCUT2D eigenvalue weighted by Crippen LogP contribution is -2.22. The van der Waals surface area contributed by atoms with E-state index in [2.05, 4.69) is 16.2 Å². The molecule has 1 N–H and O–H groups in total. The van der Waals surface area contributed by atoms with E-state index in [1.807, 2.05) is 18.2 Å². The molecule has 0 saturated carbocycles. The Morgan fingerprint density at radius 2 is 2.18 bits per heavy atom. The third-order valence-corrected chi connectivity index (χ3v) is 3.88. The molecule has 2 heterocycles. The number of benzene rings is 1. The number of rotatable bonds is 2. The van der Waals surface area contributed by atoms with Gasteiger partial charge in [0.25, 0.3) is 5.56 Å². The minimum Gasteiger partial charge on any atom is -0.293 e. The molecule has 22 heavy (non-hydrogen) atoms. The Kier molecular flexibility index (Phi) is 3.47. The van der Waals surface area contributed by atoms with Crippen LogP contribution in [0, 0.1) is 25.2 Å². The molecule has 110 valence electrons. The Bertz CT molecular complexity index is 978. The highest BCUT2D eigenvalue weighted by Gasteiger charge is 2.16. The van der Waals surface area contributed by atoms with Gasteiger partial charge < -0.3 is 0 Å². The van der Waals surface area contributed by atoms with Crippen molar-refractivity contribution in [3.05, 3.63) is 67.7 Å². The molecule has 0 fully saturated rings. The monoisotopic (exact) mass is 312 g/mol. The van der Waals surface area contributed by atoms with E-state index in [9.17, 15) is 10.1 Å². The number of aryl methyl sites for hydroxylation is 2. The maximum Gasteiger partial charge on any atom is 0.276 e. The van der Waals surface area contributed by atoms with Gasteiger partial charge in [0.2, 0.25) is 0 Å². The van der Waals surface area contributed by atoms with Crippen molar-refractivity contribution < 1.29 is 0 Å². The van der Waals surface area contributed by atoms with Crippen molar-refractivity contribution in [1.82, 2.24) is 14.6 Å². The van der Waals surface area contributed by atoms with E-state index in [0.29, 0.717) is 39.6 Å². The molecular formula is C16H13ClN4O. The quantitative estimate of drug-likeness (QED) is 0.790. The largest absolute Gasteiger partial charge is 0.293 e. The molecule has 0 aliphatic carbocycles. The SMILES string of the molecule is Cc1nc2c(C#N)c(C)[nH]n2c(=O)c1Cc1cccc(Cl)c1. The molecule has 3 rings (SSSR count). The zero-order valence-electron chi connectivity index (χ0n) is 12.1. The van der Waals surface area contributed by atoms with E-state index in [1.165, 1.54) is 4.52 Å². The van der Waals surface area contributed by atoms with Crippen LogP contribution in [0.5, 0.6) is 0 Å². The van der Waals surface area contributed by atoms with Crippen LogP contribution in [0.4, 0.5) is 0 Å². The summed E-state index contributed by atoms with van der Waals surface area (Å²) in [5, 5.41) is 12.7. The predicted molar refractivity (Wildman–Crippen MR) is 84.3 cm³/mol. The number of H-pyrrole nitrogens is 1. The number of hydrogen-bond donors (Lipinski definition) is 1. The van der Waals surface area contributed by atoms with E-state index in [4.69, 9.17) is 11.6 Å². The molecule has 0 unspecified atom stereocenters. The van der Waals surface area contributed by atoms with Crippen molar-refractivity contribution in [3.63, 3.8) is 0 Å².